The van der Waals surface area contributed by atoms with Gasteiger partial charge in [-0.15, -0.1) is 0 Å². The normalized spacial score (nSPS) is 11.9. The molecule has 0 aromatic carbocycles. The monoisotopic (exact) mass is 208 g/mol. The van der Waals surface area contributed by atoms with Gasteiger partial charge in [0, 0.05) is 24.5 Å². The minimum Gasteiger partial charge on any atom is -0.479 e. The molecule has 1 atom stereocenters. The third kappa shape index (κ3) is 2.52. The maximum atomic E-state index is 11.0. The maximum Gasteiger partial charge on any atom is 0.331 e. The molecule has 0 saturated heterocycles. The van der Waals surface area contributed by atoms with E-state index in [0.29, 0.717) is 12.0 Å². The Morgan fingerprint density at radius 1 is 1.60 bits per heavy atom. The average molecular weight is 208 g/mol. The fourth-order valence-corrected chi connectivity index (χ4v) is 1.25. The summed E-state index contributed by atoms with van der Waals surface area (Å²) in [5.41, 5.74) is 1.29. The summed E-state index contributed by atoms with van der Waals surface area (Å²) in [5.74, 6) is -1.07. The van der Waals surface area contributed by atoms with Crippen LogP contribution in [0.25, 0.3) is 0 Å². The van der Waals surface area contributed by atoms with E-state index < -0.39 is 12.0 Å². The molecule has 0 bridgehead atoms. The first-order valence-corrected chi connectivity index (χ1v) is 4.39. The number of nitrogens with zero attached hydrogens (tertiary/aromatic N) is 2. The molecule has 0 saturated carbocycles. The lowest BCUT2D eigenvalue weighted by atomic mass is 10.1. The molecule has 1 amide bonds. The lowest BCUT2D eigenvalue weighted by Crippen LogP contribution is -2.29. The van der Waals surface area contributed by atoms with E-state index in [4.69, 9.17) is 5.11 Å². The molecule has 1 N–H and O–H groups in total. The maximum absolute atomic E-state index is 11.0. The highest BCUT2D eigenvalue weighted by Gasteiger charge is 2.23. The predicted octanol–water partition coefficient (Wildman–Crippen LogP) is 0.604. The molecule has 0 radical (unpaired) electrons. The minimum absolute atomic E-state index is 0.485. The van der Waals surface area contributed by atoms with Crippen LogP contribution in [0, 0.1) is 6.92 Å². The van der Waals surface area contributed by atoms with Crippen molar-refractivity contribution in [3.8, 4) is 0 Å². The minimum atomic E-state index is -1.07. The standard InChI is InChI=1S/C10H12N2O3/c1-7-3-4-8(5-11-7)9(10(14)15)12(2)6-13/h3-6,9H,1-2H3,(H,14,15). The molecule has 1 aromatic heterocycles. The van der Waals surface area contributed by atoms with Gasteiger partial charge in [-0.25, -0.2) is 4.79 Å². The number of aromatic nitrogens is 1. The van der Waals surface area contributed by atoms with Crippen molar-refractivity contribution in [2.45, 2.75) is 13.0 Å². The average Bonchev–Trinajstić information content (AvgIpc) is 2.20. The largest absolute Gasteiger partial charge is 0.479 e. The molecule has 1 heterocycles. The van der Waals surface area contributed by atoms with Gasteiger partial charge in [-0.05, 0) is 13.0 Å². The third-order valence-corrected chi connectivity index (χ3v) is 2.06. The molecular formula is C10H12N2O3. The number of carbonyl (C=O) groups excluding carboxylic acids is 1. The SMILES string of the molecule is Cc1ccc(C(C(=O)O)N(C)C=O)cn1. The van der Waals surface area contributed by atoms with Gasteiger partial charge in [0.05, 0.1) is 0 Å². The Morgan fingerprint density at radius 2 is 2.27 bits per heavy atom. The van der Waals surface area contributed by atoms with Gasteiger partial charge in [0.15, 0.2) is 6.04 Å². The Bertz CT molecular complexity index is 361. The van der Waals surface area contributed by atoms with Crippen LogP contribution in [0.3, 0.4) is 0 Å². The first kappa shape index (κ1) is 11.2. The summed E-state index contributed by atoms with van der Waals surface area (Å²) < 4.78 is 0. The van der Waals surface area contributed by atoms with Crippen molar-refractivity contribution in [2.75, 3.05) is 7.05 Å². The van der Waals surface area contributed by atoms with Crippen molar-refractivity contribution in [2.24, 2.45) is 0 Å². The molecule has 80 valence electrons. The Kier molecular flexibility index (Phi) is 3.38. The molecule has 0 aliphatic rings. The molecule has 1 aromatic rings. The smallest absolute Gasteiger partial charge is 0.331 e. The lowest BCUT2D eigenvalue weighted by Gasteiger charge is -2.20. The van der Waals surface area contributed by atoms with Crippen molar-refractivity contribution >= 4 is 12.4 Å². The van der Waals surface area contributed by atoms with Gasteiger partial charge in [-0.3, -0.25) is 9.78 Å². The highest BCUT2D eigenvalue weighted by molar-refractivity contribution is 5.77. The Labute approximate surface area is 87.4 Å². The summed E-state index contributed by atoms with van der Waals surface area (Å²) in [6, 6.07) is 2.39. The van der Waals surface area contributed by atoms with E-state index in [1.807, 2.05) is 6.92 Å². The predicted molar refractivity (Wildman–Crippen MR) is 53.2 cm³/mol. The van der Waals surface area contributed by atoms with E-state index in [1.54, 1.807) is 12.1 Å². The van der Waals surface area contributed by atoms with Gasteiger partial charge in [0.2, 0.25) is 6.41 Å². The van der Waals surface area contributed by atoms with Crippen LogP contribution in [0.4, 0.5) is 0 Å². The number of rotatable bonds is 4. The zero-order chi connectivity index (χ0) is 11.4. The van der Waals surface area contributed by atoms with Crippen LogP contribution < -0.4 is 0 Å². The number of pyridine rings is 1. The number of carboxylic acid groups (broad SMARTS) is 1. The second-order valence-corrected chi connectivity index (χ2v) is 3.24. The molecule has 0 aliphatic carbocycles. The molecule has 0 fully saturated rings. The van der Waals surface area contributed by atoms with E-state index in [9.17, 15) is 9.59 Å². The highest BCUT2D eigenvalue weighted by atomic mass is 16.4. The summed E-state index contributed by atoms with van der Waals surface area (Å²) in [4.78, 5) is 26.6. The third-order valence-electron chi connectivity index (χ3n) is 2.06. The number of hydrogen-bond acceptors (Lipinski definition) is 3. The second-order valence-electron chi connectivity index (χ2n) is 3.24. The summed E-state index contributed by atoms with van der Waals surface area (Å²) in [7, 11) is 1.42. The van der Waals surface area contributed by atoms with Crippen molar-refractivity contribution < 1.29 is 14.7 Å². The molecule has 5 nitrogen and oxygen atoms in total. The number of carbonyl (C=O) groups is 2. The van der Waals surface area contributed by atoms with Crippen LogP contribution in [0.2, 0.25) is 0 Å². The van der Waals surface area contributed by atoms with Gasteiger partial charge in [0.1, 0.15) is 0 Å². The molecule has 15 heavy (non-hydrogen) atoms. The molecule has 0 spiro atoms. The van der Waals surface area contributed by atoms with Crippen LogP contribution >= 0.6 is 0 Å². The summed E-state index contributed by atoms with van der Waals surface area (Å²) in [6.07, 6.45) is 1.95. The van der Waals surface area contributed by atoms with E-state index in [1.165, 1.54) is 13.2 Å². The molecular weight excluding hydrogens is 196 g/mol. The first-order chi connectivity index (χ1) is 7.06. The van der Waals surface area contributed by atoms with Crippen LogP contribution in [0.15, 0.2) is 18.3 Å². The first-order valence-electron chi connectivity index (χ1n) is 4.39. The summed E-state index contributed by atoms with van der Waals surface area (Å²) >= 11 is 0. The number of amides is 1. The van der Waals surface area contributed by atoms with Gasteiger partial charge < -0.3 is 10.0 Å². The number of hydrogen-bond donors (Lipinski definition) is 1. The molecule has 1 unspecified atom stereocenters. The fraction of sp³-hybridized carbons (Fsp3) is 0.300. The van der Waals surface area contributed by atoms with Crippen molar-refractivity contribution in [3.63, 3.8) is 0 Å². The van der Waals surface area contributed by atoms with Crippen molar-refractivity contribution in [1.29, 1.82) is 0 Å². The molecule has 1 rings (SSSR count). The quantitative estimate of drug-likeness (QED) is 0.736. The Hall–Kier alpha value is -1.91. The zero-order valence-electron chi connectivity index (χ0n) is 8.54. The summed E-state index contributed by atoms with van der Waals surface area (Å²) in [5, 5.41) is 8.97. The second kappa shape index (κ2) is 4.54. The summed E-state index contributed by atoms with van der Waals surface area (Å²) in [6.45, 7) is 1.81. The molecule has 5 heteroatoms. The Balaban J connectivity index is 3.04. The number of aryl methyl sites for hydroxylation is 1. The number of likely N-dealkylation sites (N-methyl/N-ethyl adjacent to an activating group) is 1. The van der Waals surface area contributed by atoms with Gasteiger partial charge in [-0.1, -0.05) is 6.07 Å². The van der Waals surface area contributed by atoms with Crippen LogP contribution in [-0.4, -0.2) is 34.4 Å². The zero-order valence-corrected chi connectivity index (χ0v) is 8.54. The topological polar surface area (TPSA) is 70.5 Å². The number of aliphatic carboxylic acids is 1. The highest BCUT2D eigenvalue weighted by Crippen LogP contribution is 2.17. The van der Waals surface area contributed by atoms with Crippen molar-refractivity contribution in [1.82, 2.24) is 9.88 Å². The lowest BCUT2D eigenvalue weighted by molar-refractivity contribution is -0.145. The van der Waals surface area contributed by atoms with Gasteiger partial charge >= 0.3 is 5.97 Å². The van der Waals surface area contributed by atoms with Crippen LogP contribution in [0.1, 0.15) is 17.3 Å². The van der Waals surface area contributed by atoms with E-state index >= 15 is 0 Å². The van der Waals surface area contributed by atoms with E-state index in [0.717, 1.165) is 10.6 Å². The number of carboxylic acids is 1. The van der Waals surface area contributed by atoms with E-state index in [2.05, 4.69) is 4.98 Å². The van der Waals surface area contributed by atoms with Gasteiger partial charge in [-0.2, -0.15) is 0 Å². The van der Waals surface area contributed by atoms with Crippen molar-refractivity contribution in [3.05, 3.63) is 29.6 Å². The van der Waals surface area contributed by atoms with E-state index in [-0.39, 0.29) is 0 Å². The fourth-order valence-electron chi connectivity index (χ4n) is 1.25. The Morgan fingerprint density at radius 3 is 2.67 bits per heavy atom. The van der Waals surface area contributed by atoms with Crippen LogP contribution in [0.5, 0.6) is 0 Å². The van der Waals surface area contributed by atoms with Crippen LogP contribution in [-0.2, 0) is 9.59 Å². The molecule has 0 aliphatic heterocycles. The van der Waals surface area contributed by atoms with Gasteiger partial charge in [0.25, 0.3) is 0 Å².